The number of carbonyl (C=O) groups is 3. The van der Waals surface area contributed by atoms with Gasteiger partial charge in [-0.2, -0.15) is 0 Å². The second-order valence-electron chi connectivity index (χ2n) is 7.73. The number of fused-ring (bicyclic) bond motifs is 1. The molecule has 1 atom stereocenters. The van der Waals surface area contributed by atoms with E-state index in [0.29, 0.717) is 30.5 Å². The third-order valence-electron chi connectivity index (χ3n) is 5.01. The Bertz CT molecular complexity index is 870. The zero-order valence-electron chi connectivity index (χ0n) is 16.7. The summed E-state index contributed by atoms with van der Waals surface area (Å²) in [5.41, 5.74) is 1.77. The highest BCUT2D eigenvalue weighted by Crippen LogP contribution is 2.27. The number of phenols is 1. The van der Waals surface area contributed by atoms with Gasteiger partial charge in [-0.25, -0.2) is 0 Å². The standard InChI is InChI=1S/C23H26N2O4/c1-15(2)14-20(25-22(28)18-7-3-4-8-19(18)23(25)29)21(27)24-13-5-6-16-9-11-17(26)12-10-16/h3-4,7-12,15,20,26H,5-6,13-14H2,1-2H3,(H,24,27). The van der Waals surface area contributed by atoms with E-state index in [1.54, 1.807) is 36.4 Å². The lowest BCUT2D eigenvalue weighted by Gasteiger charge is -2.26. The van der Waals surface area contributed by atoms with Crippen LogP contribution >= 0.6 is 0 Å². The molecule has 1 heterocycles. The van der Waals surface area contributed by atoms with Gasteiger partial charge in [0.15, 0.2) is 0 Å². The van der Waals surface area contributed by atoms with Crippen LogP contribution < -0.4 is 5.32 Å². The maximum atomic E-state index is 12.9. The van der Waals surface area contributed by atoms with Gasteiger partial charge in [0.2, 0.25) is 5.91 Å². The van der Waals surface area contributed by atoms with Crippen LogP contribution in [0.1, 0.15) is 53.0 Å². The van der Waals surface area contributed by atoms with Gasteiger partial charge in [0.25, 0.3) is 11.8 Å². The SMILES string of the molecule is CC(C)CC(C(=O)NCCCc1ccc(O)cc1)N1C(=O)c2ccccc2C1=O. The number of nitrogens with one attached hydrogen (secondary N) is 1. The number of rotatable bonds is 8. The topological polar surface area (TPSA) is 86.7 Å². The van der Waals surface area contributed by atoms with Crippen LogP contribution in [0, 0.1) is 5.92 Å². The van der Waals surface area contributed by atoms with E-state index in [4.69, 9.17) is 0 Å². The van der Waals surface area contributed by atoms with Gasteiger partial charge >= 0.3 is 0 Å². The molecule has 0 aromatic heterocycles. The molecule has 6 heteroatoms. The van der Waals surface area contributed by atoms with E-state index >= 15 is 0 Å². The number of carbonyl (C=O) groups excluding carboxylic acids is 3. The lowest BCUT2D eigenvalue weighted by Crippen LogP contribution is -2.50. The molecule has 0 saturated carbocycles. The van der Waals surface area contributed by atoms with Crippen LogP contribution in [-0.2, 0) is 11.2 Å². The van der Waals surface area contributed by atoms with Crippen molar-refractivity contribution in [3.8, 4) is 5.75 Å². The van der Waals surface area contributed by atoms with E-state index in [-0.39, 0.29) is 17.6 Å². The summed E-state index contributed by atoms with van der Waals surface area (Å²) in [6, 6.07) is 12.8. The molecule has 0 bridgehead atoms. The molecule has 1 aliphatic rings. The van der Waals surface area contributed by atoms with Gasteiger partial charge in [0.1, 0.15) is 11.8 Å². The van der Waals surface area contributed by atoms with Crippen LogP contribution in [0.5, 0.6) is 5.75 Å². The summed E-state index contributed by atoms with van der Waals surface area (Å²) in [5, 5.41) is 12.2. The Hall–Kier alpha value is -3.15. The van der Waals surface area contributed by atoms with Gasteiger partial charge in [0.05, 0.1) is 11.1 Å². The zero-order valence-corrected chi connectivity index (χ0v) is 16.7. The van der Waals surface area contributed by atoms with E-state index < -0.39 is 17.9 Å². The van der Waals surface area contributed by atoms with E-state index in [2.05, 4.69) is 5.32 Å². The summed E-state index contributed by atoms with van der Waals surface area (Å²) in [5.74, 6) is -0.753. The van der Waals surface area contributed by atoms with Gasteiger partial charge < -0.3 is 10.4 Å². The van der Waals surface area contributed by atoms with Gasteiger partial charge in [-0.05, 0) is 55.0 Å². The van der Waals surface area contributed by atoms with E-state index in [1.165, 1.54) is 0 Å². The molecule has 2 N–H and O–H groups in total. The Morgan fingerprint density at radius 2 is 1.59 bits per heavy atom. The molecule has 1 unspecified atom stereocenters. The number of phenolic OH excluding ortho intramolecular Hbond substituents is 1. The Morgan fingerprint density at radius 1 is 1.00 bits per heavy atom. The molecule has 0 saturated heterocycles. The molecule has 152 valence electrons. The second-order valence-corrected chi connectivity index (χ2v) is 7.73. The lowest BCUT2D eigenvalue weighted by atomic mass is 10.0. The smallest absolute Gasteiger partial charge is 0.262 e. The van der Waals surface area contributed by atoms with E-state index in [1.807, 2.05) is 26.0 Å². The Kier molecular flexibility index (Phi) is 6.32. The summed E-state index contributed by atoms with van der Waals surface area (Å²) in [6.07, 6.45) is 1.88. The number of hydrogen-bond donors (Lipinski definition) is 2. The molecule has 2 aromatic rings. The summed E-state index contributed by atoms with van der Waals surface area (Å²) in [6.45, 7) is 4.37. The van der Waals surface area contributed by atoms with Crippen molar-refractivity contribution in [3.05, 3.63) is 65.2 Å². The van der Waals surface area contributed by atoms with Crippen LogP contribution in [0.4, 0.5) is 0 Å². The van der Waals surface area contributed by atoms with Gasteiger partial charge in [0, 0.05) is 6.54 Å². The Morgan fingerprint density at radius 3 is 2.14 bits per heavy atom. The summed E-state index contributed by atoms with van der Waals surface area (Å²) < 4.78 is 0. The first-order valence-electron chi connectivity index (χ1n) is 9.91. The summed E-state index contributed by atoms with van der Waals surface area (Å²) in [4.78, 5) is 39.5. The largest absolute Gasteiger partial charge is 0.508 e. The number of nitrogens with zero attached hydrogens (tertiary/aromatic N) is 1. The fourth-order valence-corrected chi connectivity index (χ4v) is 3.55. The van der Waals surface area contributed by atoms with Gasteiger partial charge in [-0.15, -0.1) is 0 Å². The predicted octanol–water partition coefficient (Wildman–Crippen LogP) is 3.15. The number of amides is 3. The normalized spacial score (nSPS) is 14.2. The lowest BCUT2D eigenvalue weighted by molar-refractivity contribution is -0.125. The predicted molar refractivity (Wildman–Crippen MR) is 110 cm³/mol. The van der Waals surface area contributed by atoms with Crippen molar-refractivity contribution in [1.29, 1.82) is 0 Å². The first-order valence-corrected chi connectivity index (χ1v) is 9.91. The fraction of sp³-hybridized carbons (Fsp3) is 0.348. The number of aromatic hydroxyl groups is 1. The molecule has 0 aliphatic carbocycles. The van der Waals surface area contributed by atoms with Crippen molar-refractivity contribution >= 4 is 17.7 Å². The number of hydrogen-bond acceptors (Lipinski definition) is 4. The van der Waals surface area contributed by atoms with E-state index in [9.17, 15) is 19.5 Å². The minimum Gasteiger partial charge on any atom is -0.508 e. The van der Waals surface area contributed by atoms with Gasteiger partial charge in [-0.1, -0.05) is 38.1 Å². The van der Waals surface area contributed by atoms with Crippen LogP contribution in [0.2, 0.25) is 0 Å². The van der Waals surface area contributed by atoms with Crippen molar-refractivity contribution in [3.63, 3.8) is 0 Å². The highest BCUT2D eigenvalue weighted by molar-refractivity contribution is 6.22. The average molecular weight is 394 g/mol. The molecular formula is C23H26N2O4. The highest BCUT2D eigenvalue weighted by atomic mass is 16.3. The third kappa shape index (κ3) is 4.65. The molecule has 2 aromatic carbocycles. The molecule has 3 amide bonds. The first-order chi connectivity index (χ1) is 13.9. The Labute approximate surface area is 170 Å². The molecule has 29 heavy (non-hydrogen) atoms. The van der Waals surface area contributed by atoms with Crippen LogP contribution in [0.15, 0.2) is 48.5 Å². The molecule has 3 rings (SSSR count). The molecule has 0 fully saturated rings. The minimum atomic E-state index is -0.823. The van der Waals surface area contributed by atoms with Crippen LogP contribution in [-0.4, -0.2) is 40.3 Å². The van der Waals surface area contributed by atoms with Crippen LogP contribution in [0.25, 0.3) is 0 Å². The fourth-order valence-electron chi connectivity index (χ4n) is 3.55. The quantitative estimate of drug-likeness (QED) is 0.532. The average Bonchev–Trinajstić information content (AvgIpc) is 2.95. The molecule has 6 nitrogen and oxygen atoms in total. The van der Waals surface area contributed by atoms with Crippen LogP contribution in [0.3, 0.4) is 0 Å². The molecule has 1 aliphatic heterocycles. The van der Waals surface area contributed by atoms with Crippen molar-refractivity contribution in [2.75, 3.05) is 6.54 Å². The minimum absolute atomic E-state index is 0.145. The molecular weight excluding hydrogens is 368 g/mol. The first kappa shape index (κ1) is 20.6. The molecule has 0 radical (unpaired) electrons. The third-order valence-corrected chi connectivity index (χ3v) is 5.01. The van der Waals surface area contributed by atoms with E-state index in [0.717, 1.165) is 16.9 Å². The maximum absolute atomic E-state index is 12.9. The van der Waals surface area contributed by atoms with Gasteiger partial charge in [-0.3, -0.25) is 19.3 Å². The van der Waals surface area contributed by atoms with Crippen molar-refractivity contribution < 1.29 is 19.5 Å². The van der Waals surface area contributed by atoms with Crippen molar-refractivity contribution in [2.45, 2.75) is 39.2 Å². The molecule has 0 spiro atoms. The summed E-state index contributed by atoms with van der Waals surface area (Å²) >= 11 is 0. The van der Waals surface area contributed by atoms with Crippen molar-refractivity contribution in [1.82, 2.24) is 10.2 Å². The summed E-state index contributed by atoms with van der Waals surface area (Å²) in [7, 11) is 0. The number of benzene rings is 2. The zero-order chi connectivity index (χ0) is 21.0. The monoisotopic (exact) mass is 394 g/mol. The van der Waals surface area contributed by atoms with Crippen molar-refractivity contribution in [2.24, 2.45) is 5.92 Å². The second kappa shape index (κ2) is 8.90. The number of imide groups is 1. The Balaban J connectivity index is 1.64. The maximum Gasteiger partial charge on any atom is 0.262 e. The highest BCUT2D eigenvalue weighted by Gasteiger charge is 2.42. The number of aryl methyl sites for hydroxylation is 1.